The lowest BCUT2D eigenvalue weighted by molar-refractivity contribution is 0.161. The zero-order valence-corrected chi connectivity index (χ0v) is 20.4. The zero-order chi connectivity index (χ0) is 25.1. The molecule has 7 nitrogen and oxygen atoms in total. The van der Waals surface area contributed by atoms with Crippen molar-refractivity contribution in [1.29, 1.82) is 0 Å². The smallest absolute Gasteiger partial charge is 0.338 e. The molecule has 0 aliphatic carbocycles. The third kappa shape index (κ3) is 4.98. The van der Waals surface area contributed by atoms with Crippen LogP contribution < -0.4 is 15.5 Å². The monoisotopic (exact) mass is 500 g/mol. The third-order valence-electron chi connectivity index (χ3n) is 6.25. The number of pyridine rings is 1. The van der Waals surface area contributed by atoms with Crippen molar-refractivity contribution < 1.29 is 14.7 Å². The Hall–Kier alpha value is -4.07. The minimum Gasteiger partial charge on any atom is -0.487 e. The van der Waals surface area contributed by atoms with E-state index in [0.717, 1.165) is 44.3 Å². The largest absolute Gasteiger partial charge is 0.487 e. The van der Waals surface area contributed by atoms with Crippen molar-refractivity contribution in [2.24, 2.45) is 0 Å². The molecule has 182 valence electrons. The fourth-order valence-corrected chi connectivity index (χ4v) is 4.50. The number of rotatable bonds is 7. The van der Waals surface area contributed by atoms with Gasteiger partial charge in [0, 0.05) is 40.1 Å². The van der Waals surface area contributed by atoms with E-state index in [9.17, 15) is 4.79 Å². The van der Waals surface area contributed by atoms with E-state index in [1.807, 2.05) is 85.8 Å². The fourth-order valence-electron chi connectivity index (χ4n) is 4.37. The van der Waals surface area contributed by atoms with Crippen LogP contribution in [0.25, 0.3) is 21.8 Å². The Bertz CT molecular complexity index is 1550. The summed E-state index contributed by atoms with van der Waals surface area (Å²) in [6.07, 6.45) is 0. The average Bonchev–Trinajstić information content (AvgIpc) is 3.16. The number of nitrogens with zero attached hydrogens (tertiary/aromatic N) is 2. The van der Waals surface area contributed by atoms with Crippen molar-refractivity contribution in [2.75, 3.05) is 0 Å². The van der Waals surface area contributed by atoms with Gasteiger partial charge in [-0.15, -0.1) is 0 Å². The lowest BCUT2D eigenvalue weighted by atomic mass is 10.1. The van der Waals surface area contributed by atoms with Gasteiger partial charge in [0.15, 0.2) is 0 Å². The summed E-state index contributed by atoms with van der Waals surface area (Å²) in [6, 6.07) is 25.0. The number of hydrogen-bond acceptors (Lipinski definition) is 4. The molecule has 0 bridgehead atoms. The van der Waals surface area contributed by atoms with E-state index in [1.165, 1.54) is 0 Å². The zero-order valence-electron chi connectivity index (χ0n) is 19.7. The van der Waals surface area contributed by atoms with Gasteiger partial charge in [-0.3, -0.25) is 5.21 Å². The number of para-hydroxylation sites is 1. The predicted octanol–water partition coefficient (Wildman–Crippen LogP) is 5.97. The van der Waals surface area contributed by atoms with E-state index in [2.05, 4.69) is 14.9 Å². The molecule has 5 rings (SSSR count). The molecule has 3 N–H and O–H groups in total. The van der Waals surface area contributed by atoms with Gasteiger partial charge in [0.2, 0.25) is 0 Å². The molecule has 2 amide bonds. The van der Waals surface area contributed by atoms with E-state index >= 15 is 0 Å². The highest BCUT2D eigenvalue weighted by Gasteiger charge is 2.16. The maximum Gasteiger partial charge on any atom is 0.338 e. The van der Waals surface area contributed by atoms with Gasteiger partial charge in [-0.25, -0.2) is 15.3 Å². The summed E-state index contributed by atoms with van der Waals surface area (Å²) in [7, 11) is 0. The quantitative estimate of drug-likeness (QED) is 0.190. The van der Waals surface area contributed by atoms with E-state index in [4.69, 9.17) is 21.5 Å². The number of benzene rings is 3. The molecule has 0 aliphatic rings. The molecule has 2 aromatic heterocycles. The predicted molar refractivity (Wildman–Crippen MR) is 140 cm³/mol. The second-order valence-electron chi connectivity index (χ2n) is 8.53. The van der Waals surface area contributed by atoms with Crippen LogP contribution in [0, 0.1) is 6.92 Å². The lowest BCUT2D eigenvalue weighted by Gasteiger charge is -2.10. The van der Waals surface area contributed by atoms with E-state index in [0.29, 0.717) is 23.9 Å². The summed E-state index contributed by atoms with van der Waals surface area (Å²) in [5.41, 5.74) is 7.45. The molecular formula is C28H25ClN4O3. The van der Waals surface area contributed by atoms with Crippen molar-refractivity contribution in [3.63, 3.8) is 0 Å². The van der Waals surface area contributed by atoms with Gasteiger partial charge in [-0.05, 0) is 60.5 Å². The first-order valence-electron chi connectivity index (χ1n) is 11.5. The van der Waals surface area contributed by atoms with Gasteiger partial charge in [-0.2, -0.15) is 0 Å². The van der Waals surface area contributed by atoms with Crippen LogP contribution in [-0.4, -0.2) is 20.8 Å². The molecule has 5 aromatic rings. The van der Waals surface area contributed by atoms with E-state index in [-0.39, 0.29) is 6.54 Å². The molecule has 0 saturated heterocycles. The first-order chi connectivity index (χ1) is 17.5. The number of hydroxylamine groups is 1. The second-order valence-corrected chi connectivity index (χ2v) is 8.97. The summed E-state index contributed by atoms with van der Waals surface area (Å²) in [4.78, 5) is 16.3. The third-order valence-corrected chi connectivity index (χ3v) is 6.50. The van der Waals surface area contributed by atoms with Crippen molar-refractivity contribution >= 4 is 39.4 Å². The van der Waals surface area contributed by atoms with Crippen molar-refractivity contribution in [2.45, 2.75) is 26.6 Å². The topological polar surface area (TPSA) is 88.4 Å². The maximum atomic E-state index is 11.7. The molecule has 0 saturated carbocycles. The molecule has 0 unspecified atom stereocenters. The van der Waals surface area contributed by atoms with Crippen LogP contribution in [0.5, 0.6) is 5.75 Å². The summed E-state index contributed by atoms with van der Waals surface area (Å²) in [5.74, 6) is 0.703. The van der Waals surface area contributed by atoms with Crippen LogP contribution in [0.1, 0.15) is 22.5 Å². The average molecular weight is 501 g/mol. The number of urea groups is 1. The molecule has 0 radical (unpaired) electrons. The normalized spacial score (nSPS) is 11.1. The van der Waals surface area contributed by atoms with Gasteiger partial charge >= 0.3 is 6.03 Å². The van der Waals surface area contributed by atoms with Gasteiger partial charge in [0.1, 0.15) is 12.4 Å². The number of hydrogen-bond donors (Lipinski definition) is 3. The molecule has 36 heavy (non-hydrogen) atoms. The fraction of sp³-hybridized carbons (Fsp3) is 0.143. The molecule has 0 fully saturated rings. The molecule has 3 aromatic carbocycles. The Morgan fingerprint density at radius 1 is 1.06 bits per heavy atom. The van der Waals surface area contributed by atoms with Crippen molar-refractivity contribution in [3.8, 4) is 5.75 Å². The Morgan fingerprint density at radius 2 is 1.86 bits per heavy atom. The Balaban J connectivity index is 1.45. The number of ether oxygens (including phenoxy) is 1. The highest BCUT2D eigenvalue weighted by Crippen LogP contribution is 2.31. The summed E-state index contributed by atoms with van der Waals surface area (Å²) < 4.78 is 8.30. The van der Waals surface area contributed by atoms with Gasteiger partial charge < -0.3 is 14.6 Å². The first-order valence-corrected chi connectivity index (χ1v) is 11.9. The van der Waals surface area contributed by atoms with Crippen LogP contribution in [-0.2, 0) is 19.7 Å². The molecule has 0 aliphatic heterocycles. The number of carbonyl (C=O) groups is 1. The summed E-state index contributed by atoms with van der Waals surface area (Å²) in [5, 5.41) is 14.3. The van der Waals surface area contributed by atoms with Gasteiger partial charge in [-0.1, -0.05) is 48.0 Å². The number of amides is 2. The number of nitrogens with one attached hydrogen (secondary N) is 2. The number of carbonyl (C=O) groups excluding carboxylic acids is 1. The Morgan fingerprint density at radius 3 is 2.67 bits per heavy atom. The lowest BCUT2D eigenvalue weighted by Crippen LogP contribution is -2.32. The Labute approximate surface area is 213 Å². The van der Waals surface area contributed by atoms with Crippen molar-refractivity contribution in [1.82, 2.24) is 20.3 Å². The highest BCUT2D eigenvalue weighted by molar-refractivity contribution is 6.30. The number of aromatic nitrogens is 2. The van der Waals surface area contributed by atoms with Crippen LogP contribution in [0.4, 0.5) is 4.79 Å². The first kappa shape index (κ1) is 23.7. The van der Waals surface area contributed by atoms with Crippen LogP contribution in [0.2, 0.25) is 5.02 Å². The maximum absolute atomic E-state index is 11.7. The summed E-state index contributed by atoms with van der Waals surface area (Å²) in [6.45, 7) is 3.25. The van der Waals surface area contributed by atoms with E-state index < -0.39 is 6.03 Å². The second kappa shape index (κ2) is 10.3. The van der Waals surface area contributed by atoms with Crippen molar-refractivity contribution in [3.05, 3.63) is 106 Å². The SMILES string of the molecule is Cc1c(CNC(=O)NO)c2cc(OCc3ccc4ccccc4n3)ccc2n1Cc1ccc(Cl)cc1. The summed E-state index contributed by atoms with van der Waals surface area (Å²) >= 11 is 6.06. The molecule has 0 atom stereocenters. The van der Waals surface area contributed by atoms with E-state index in [1.54, 1.807) is 5.48 Å². The molecule has 8 heteroatoms. The van der Waals surface area contributed by atoms with Gasteiger partial charge in [0.05, 0.1) is 11.2 Å². The van der Waals surface area contributed by atoms with Crippen LogP contribution >= 0.6 is 11.6 Å². The standard InChI is InChI=1S/C28H25ClN4O3/c1-18-25(15-30-28(34)32-35)24-14-23(36-17-22-11-8-20-4-2-3-5-26(20)31-22)12-13-27(24)33(18)16-19-6-9-21(29)10-7-19/h2-14,35H,15-17H2,1H3,(H2,30,32,34). The minimum atomic E-state index is -0.664. The van der Waals surface area contributed by atoms with Crippen LogP contribution in [0.15, 0.2) is 78.9 Å². The van der Waals surface area contributed by atoms with Gasteiger partial charge in [0.25, 0.3) is 0 Å². The van der Waals surface area contributed by atoms with Crippen LogP contribution in [0.3, 0.4) is 0 Å². The minimum absolute atomic E-state index is 0.248. The molecular weight excluding hydrogens is 476 g/mol. The molecule has 2 heterocycles. The number of halogens is 1. The molecule has 0 spiro atoms. The highest BCUT2D eigenvalue weighted by atomic mass is 35.5. The Kier molecular flexibility index (Phi) is 6.75. The number of fused-ring (bicyclic) bond motifs is 2.